The number of nitrogens with one attached hydrogen (secondary N) is 1. The molecule has 0 bridgehead atoms. The monoisotopic (exact) mass is 475 g/mol. The minimum atomic E-state index is -4.28. The van der Waals surface area contributed by atoms with Crippen LogP contribution in [0.2, 0.25) is 0 Å². The fourth-order valence-corrected chi connectivity index (χ4v) is 3.42. The molecule has 0 aliphatic heterocycles. The fraction of sp³-hybridized carbons (Fsp3) is 0.400. The van der Waals surface area contributed by atoms with Gasteiger partial charge in [0.15, 0.2) is 0 Å². The summed E-state index contributed by atoms with van der Waals surface area (Å²) in [6, 6.07) is 7.16. The van der Waals surface area contributed by atoms with E-state index in [-0.39, 0.29) is 37.5 Å². The van der Waals surface area contributed by atoms with E-state index in [1.54, 1.807) is 44.3 Å². The van der Waals surface area contributed by atoms with E-state index in [4.69, 9.17) is 9.47 Å². The number of aromatic nitrogens is 2. The molecule has 1 heterocycles. The molecule has 2 aromatic rings. The zero-order valence-corrected chi connectivity index (χ0v) is 19.4. The second-order valence-corrected chi connectivity index (χ2v) is 8.82. The summed E-state index contributed by atoms with van der Waals surface area (Å²) in [5, 5.41) is 0. The van der Waals surface area contributed by atoms with Gasteiger partial charge in [-0.05, 0) is 57.0 Å². The van der Waals surface area contributed by atoms with Gasteiger partial charge in [0, 0.05) is 24.4 Å². The summed E-state index contributed by atoms with van der Waals surface area (Å²) < 4.78 is 50.4. The number of allylic oxidation sites excluding steroid dienone is 2. The van der Waals surface area contributed by atoms with Crippen molar-refractivity contribution in [3.05, 3.63) is 66.3 Å². The van der Waals surface area contributed by atoms with Gasteiger partial charge < -0.3 is 14.5 Å². The van der Waals surface area contributed by atoms with Gasteiger partial charge in [0.1, 0.15) is 23.6 Å². The van der Waals surface area contributed by atoms with Crippen LogP contribution in [0.15, 0.2) is 54.2 Å². The van der Waals surface area contributed by atoms with Gasteiger partial charge in [-0.25, -0.2) is 4.98 Å². The van der Waals surface area contributed by atoms with Crippen LogP contribution >= 0.6 is 0 Å². The number of hydrogen-bond acceptors (Lipinski definition) is 5. The van der Waals surface area contributed by atoms with Crippen LogP contribution < -0.4 is 4.74 Å². The van der Waals surface area contributed by atoms with Gasteiger partial charge in [0.25, 0.3) is 0 Å². The van der Waals surface area contributed by atoms with Crippen molar-refractivity contribution in [2.24, 2.45) is 10.4 Å². The Kier molecular flexibility index (Phi) is 7.33. The maximum atomic E-state index is 13.3. The third-order valence-electron chi connectivity index (χ3n) is 5.72. The molecule has 1 fully saturated rings. The number of ether oxygens (including phenoxy) is 2. The number of rotatable bonds is 10. The number of nitrogens with zero attached hydrogens (tertiary/aromatic N) is 2. The van der Waals surface area contributed by atoms with Gasteiger partial charge >= 0.3 is 12.1 Å². The van der Waals surface area contributed by atoms with Crippen molar-refractivity contribution in [3.8, 4) is 5.75 Å². The molecule has 1 aromatic heterocycles. The number of carbonyl (C=O) groups excluding carboxylic acids is 1. The van der Waals surface area contributed by atoms with E-state index >= 15 is 0 Å². The lowest BCUT2D eigenvalue weighted by atomic mass is 9.95. The van der Waals surface area contributed by atoms with Crippen molar-refractivity contribution in [2.45, 2.75) is 44.7 Å². The Labute approximate surface area is 196 Å². The minimum Gasteiger partial charge on any atom is -0.492 e. The SMILES string of the molecule is C=C/C=C(\N=CCc1ncc(C2(C(F)(F)F)CC2)[nH]1)c1ccc(OCC(C)(C)C(=O)OC)cc1. The Morgan fingerprint density at radius 2 is 1.94 bits per heavy atom. The summed E-state index contributed by atoms with van der Waals surface area (Å²) in [5.41, 5.74) is -1.03. The molecule has 1 N–H and O–H groups in total. The van der Waals surface area contributed by atoms with Crippen molar-refractivity contribution in [1.29, 1.82) is 0 Å². The van der Waals surface area contributed by atoms with Crippen molar-refractivity contribution in [1.82, 2.24) is 9.97 Å². The number of imidazole rings is 1. The number of esters is 1. The predicted molar refractivity (Wildman–Crippen MR) is 124 cm³/mol. The Morgan fingerprint density at radius 1 is 1.26 bits per heavy atom. The molecule has 0 spiro atoms. The first-order chi connectivity index (χ1) is 16.0. The number of alkyl halides is 3. The second-order valence-electron chi connectivity index (χ2n) is 8.82. The molecule has 34 heavy (non-hydrogen) atoms. The molecule has 0 radical (unpaired) electrons. The summed E-state index contributed by atoms with van der Waals surface area (Å²) in [5.74, 6) is 0.651. The summed E-state index contributed by atoms with van der Waals surface area (Å²) in [6.45, 7) is 7.34. The molecule has 1 saturated carbocycles. The van der Waals surface area contributed by atoms with E-state index in [0.717, 1.165) is 5.56 Å². The summed E-state index contributed by atoms with van der Waals surface area (Å²) in [6.07, 6.45) is 2.32. The number of halogens is 3. The topological polar surface area (TPSA) is 76.6 Å². The maximum absolute atomic E-state index is 13.3. The van der Waals surface area contributed by atoms with Crippen molar-refractivity contribution < 1.29 is 27.4 Å². The average Bonchev–Trinajstić information content (AvgIpc) is 3.50. The van der Waals surface area contributed by atoms with Crippen LogP contribution in [-0.4, -0.2) is 42.0 Å². The average molecular weight is 476 g/mol. The molecule has 0 atom stereocenters. The van der Waals surface area contributed by atoms with Gasteiger partial charge in [-0.2, -0.15) is 13.2 Å². The van der Waals surface area contributed by atoms with Crippen LogP contribution in [0, 0.1) is 5.41 Å². The highest BCUT2D eigenvalue weighted by atomic mass is 19.4. The van der Waals surface area contributed by atoms with E-state index in [9.17, 15) is 18.0 Å². The first kappa shape index (κ1) is 25.3. The highest BCUT2D eigenvalue weighted by Gasteiger charge is 2.65. The number of aliphatic imine (C=N–C) groups is 1. The maximum Gasteiger partial charge on any atom is 0.399 e. The minimum absolute atomic E-state index is 0.0817. The standard InChI is InChI=1S/C25H28F3N3O3/c1-5-6-19(17-7-9-18(10-8-17)34-16-23(2,3)22(32)33-4)29-14-11-21-30-15-20(31-21)24(12-13-24)25(26,27)28/h5-10,14-15H,1,11-13,16H2,2-4H3,(H,30,31)/b19-6-,29-14?. The lowest BCUT2D eigenvalue weighted by Gasteiger charge is -2.21. The Morgan fingerprint density at radius 3 is 2.50 bits per heavy atom. The van der Waals surface area contributed by atoms with E-state index < -0.39 is 17.0 Å². The molecule has 0 saturated heterocycles. The molecule has 1 aliphatic carbocycles. The van der Waals surface area contributed by atoms with Crippen LogP contribution in [0.1, 0.15) is 43.8 Å². The molecule has 1 aliphatic rings. The van der Waals surface area contributed by atoms with Gasteiger partial charge in [0.05, 0.1) is 23.9 Å². The summed E-state index contributed by atoms with van der Waals surface area (Å²) in [4.78, 5) is 23.1. The number of aromatic amines is 1. The lowest BCUT2D eigenvalue weighted by Crippen LogP contribution is -2.32. The molecular formula is C25H28F3N3O3. The molecular weight excluding hydrogens is 447 g/mol. The van der Waals surface area contributed by atoms with Crippen molar-refractivity contribution >= 4 is 17.9 Å². The first-order valence-corrected chi connectivity index (χ1v) is 10.8. The zero-order chi connectivity index (χ0) is 25.0. The highest BCUT2D eigenvalue weighted by Crippen LogP contribution is 2.58. The van der Waals surface area contributed by atoms with Crippen LogP contribution in [0.3, 0.4) is 0 Å². The van der Waals surface area contributed by atoms with Crippen LogP contribution in [-0.2, 0) is 21.4 Å². The van der Waals surface area contributed by atoms with Gasteiger partial charge in [-0.1, -0.05) is 12.7 Å². The van der Waals surface area contributed by atoms with Crippen LogP contribution in [0.5, 0.6) is 5.75 Å². The largest absolute Gasteiger partial charge is 0.492 e. The first-order valence-electron chi connectivity index (χ1n) is 10.8. The second kappa shape index (κ2) is 9.87. The third kappa shape index (κ3) is 5.58. The quantitative estimate of drug-likeness (QED) is 0.283. The normalized spacial score (nSPS) is 15.9. The number of H-pyrrole nitrogens is 1. The molecule has 6 nitrogen and oxygen atoms in total. The Balaban J connectivity index is 1.63. The van der Waals surface area contributed by atoms with E-state index in [0.29, 0.717) is 17.3 Å². The van der Waals surface area contributed by atoms with Crippen LogP contribution in [0.25, 0.3) is 5.70 Å². The number of carbonyl (C=O) groups is 1. The Hall–Kier alpha value is -3.36. The Bertz CT molecular complexity index is 1080. The number of hydrogen-bond donors (Lipinski definition) is 1. The molecule has 1 aromatic carbocycles. The van der Waals surface area contributed by atoms with Gasteiger partial charge in [-0.3, -0.25) is 9.79 Å². The molecule has 3 rings (SSSR count). The van der Waals surface area contributed by atoms with Gasteiger partial charge in [0.2, 0.25) is 0 Å². The van der Waals surface area contributed by atoms with Crippen molar-refractivity contribution in [2.75, 3.05) is 13.7 Å². The predicted octanol–water partition coefficient (Wildman–Crippen LogP) is 5.42. The van der Waals surface area contributed by atoms with Crippen LogP contribution in [0.4, 0.5) is 13.2 Å². The molecule has 9 heteroatoms. The van der Waals surface area contributed by atoms with E-state index in [1.165, 1.54) is 13.3 Å². The van der Waals surface area contributed by atoms with Gasteiger partial charge in [-0.15, -0.1) is 0 Å². The van der Waals surface area contributed by atoms with E-state index in [2.05, 4.69) is 21.5 Å². The zero-order valence-electron chi connectivity index (χ0n) is 19.4. The molecule has 0 unspecified atom stereocenters. The highest BCUT2D eigenvalue weighted by molar-refractivity contribution is 5.76. The number of benzene rings is 1. The smallest absolute Gasteiger partial charge is 0.399 e. The lowest BCUT2D eigenvalue weighted by molar-refractivity contribution is -0.161. The molecule has 0 amide bonds. The summed E-state index contributed by atoms with van der Waals surface area (Å²) in [7, 11) is 1.34. The number of methoxy groups -OCH3 is 1. The third-order valence-corrected chi connectivity index (χ3v) is 5.72. The molecule has 182 valence electrons. The van der Waals surface area contributed by atoms with Crippen molar-refractivity contribution in [3.63, 3.8) is 0 Å². The fourth-order valence-electron chi connectivity index (χ4n) is 3.42. The van der Waals surface area contributed by atoms with E-state index in [1.807, 2.05) is 12.1 Å². The summed E-state index contributed by atoms with van der Waals surface area (Å²) >= 11 is 0.